The van der Waals surface area contributed by atoms with E-state index in [1.165, 1.54) is 0 Å². The first-order chi connectivity index (χ1) is 8.38. The van der Waals surface area contributed by atoms with E-state index < -0.39 is 35.7 Å². The Labute approximate surface area is 100 Å². The number of carbonyl (C=O) groups excluding carboxylic acids is 1. The number of halogens is 1. The van der Waals surface area contributed by atoms with Gasteiger partial charge in [-0.05, 0) is 6.07 Å². The van der Waals surface area contributed by atoms with E-state index in [1.807, 2.05) is 0 Å². The zero-order valence-corrected chi connectivity index (χ0v) is 9.20. The van der Waals surface area contributed by atoms with Crippen LogP contribution in [0.4, 0.5) is 4.39 Å². The number of carboxylic acid groups (broad SMARTS) is 1. The number of aliphatic hydroxyl groups excluding tert-OH is 2. The van der Waals surface area contributed by atoms with Crippen LogP contribution in [0.1, 0.15) is 22.0 Å². The molecule has 0 amide bonds. The number of esters is 1. The third kappa shape index (κ3) is 2.79. The fourth-order valence-electron chi connectivity index (χ4n) is 1.20. The minimum atomic E-state index is -2.11. The number of carboxylic acids is 1. The number of hydrogen-bond donors (Lipinski definition) is 3. The summed E-state index contributed by atoms with van der Waals surface area (Å²) >= 11 is 0. The van der Waals surface area contributed by atoms with Crippen molar-refractivity contribution in [3.63, 3.8) is 0 Å². The molecule has 8 heteroatoms. The van der Waals surface area contributed by atoms with E-state index >= 15 is 0 Å². The Balaban J connectivity index is 3.12. The molecule has 0 aliphatic rings. The maximum Gasteiger partial charge on any atom is 0.342 e. The molecule has 7 nitrogen and oxygen atoms in total. The number of aliphatic hydroxyl groups is 2. The standard InChI is InChI=1S/C10H10FNO6/c1-18-10(17)5-2-4(3-12-8(5)11)6(13)7(14)9(15)16/h2-3,6-7,13-14H,1H3,(H,15,16). The summed E-state index contributed by atoms with van der Waals surface area (Å²) in [6.07, 6.45) is -3.12. The summed E-state index contributed by atoms with van der Waals surface area (Å²) in [5.41, 5.74) is -0.779. The fourth-order valence-corrected chi connectivity index (χ4v) is 1.20. The van der Waals surface area contributed by atoms with Crippen molar-refractivity contribution in [3.8, 4) is 0 Å². The summed E-state index contributed by atoms with van der Waals surface area (Å²) in [6.45, 7) is 0. The molecular formula is C10H10FNO6. The van der Waals surface area contributed by atoms with Crippen molar-refractivity contribution in [2.75, 3.05) is 7.11 Å². The van der Waals surface area contributed by atoms with Crippen LogP contribution in [0.15, 0.2) is 12.3 Å². The van der Waals surface area contributed by atoms with Crippen LogP contribution in [0, 0.1) is 5.95 Å². The van der Waals surface area contributed by atoms with Crippen molar-refractivity contribution in [2.45, 2.75) is 12.2 Å². The number of nitrogens with zero attached hydrogens (tertiary/aromatic N) is 1. The van der Waals surface area contributed by atoms with Gasteiger partial charge in [0.2, 0.25) is 5.95 Å². The molecule has 0 saturated carbocycles. The molecule has 2 atom stereocenters. The highest BCUT2D eigenvalue weighted by Crippen LogP contribution is 2.19. The first-order valence-corrected chi connectivity index (χ1v) is 4.71. The van der Waals surface area contributed by atoms with E-state index in [9.17, 15) is 19.1 Å². The van der Waals surface area contributed by atoms with E-state index in [2.05, 4.69) is 9.72 Å². The van der Waals surface area contributed by atoms with Crippen LogP contribution in [0.25, 0.3) is 0 Å². The molecule has 0 aliphatic carbocycles. The van der Waals surface area contributed by atoms with Gasteiger partial charge in [-0.15, -0.1) is 0 Å². The number of ether oxygens (including phenoxy) is 1. The monoisotopic (exact) mass is 259 g/mol. The van der Waals surface area contributed by atoms with E-state index in [-0.39, 0.29) is 5.56 Å². The number of carbonyl (C=O) groups is 2. The molecular weight excluding hydrogens is 249 g/mol. The molecule has 2 unspecified atom stereocenters. The van der Waals surface area contributed by atoms with Crippen molar-refractivity contribution in [1.82, 2.24) is 4.98 Å². The van der Waals surface area contributed by atoms with Crippen molar-refractivity contribution in [2.24, 2.45) is 0 Å². The van der Waals surface area contributed by atoms with Crippen LogP contribution < -0.4 is 0 Å². The first-order valence-electron chi connectivity index (χ1n) is 4.71. The molecule has 1 heterocycles. The highest BCUT2D eigenvalue weighted by molar-refractivity contribution is 5.89. The highest BCUT2D eigenvalue weighted by atomic mass is 19.1. The van der Waals surface area contributed by atoms with Crippen molar-refractivity contribution in [3.05, 3.63) is 29.3 Å². The number of methoxy groups -OCH3 is 1. The Bertz CT molecular complexity index is 477. The minimum Gasteiger partial charge on any atom is -0.479 e. The second kappa shape index (κ2) is 5.52. The van der Waals surface area contributed by atoms with Gasteiger partial charge in [0.15, 0.2) is 6.10 Å². The fraction of sp³-hybridized carbons (Fsp3) is 0.300. The van der Waals surface area contributed by atoms with Gasteiger partial charge in [0.25, 0.3) is 0 Å². The van der Waals surface area contributed by atoms with Gasteiger partial charge < -0.3 is 20.1 Å². The lowest BCUT2D eigenvalue weighted by molar-refractivity contribution is -0.153. The molecule has 0 saturated heterocycles. The Morgan fingerprint density at radius 2 is 2.06 bits per heavy atom. The Hall–Kier alpha value is -2.06. The van der Waals surface area contributed by atoms with Gasteiger partial charge in [0.1, 0.15) is 11.7 Å². The molecule has 0 aromatic carbocycles. The molecule has 1 aromatic heterocycles. The summed E-state index contributed by atoms with van der Waals surface area (Å²) in [4.78, 5) is 24.8. The summed E-state index contributed by atoms with van der Waals surface area (Å²) in [5, 5.41) is 27.1. The number of rotatable bonds is 4. The average molecular weight is 259 g/mol. The van der Waals surface area contributed by atoms with E-state index in [4.69, 9.17) is 10.2 Å². The Morgan fingerprint density at radius 1 is 1.44 bits per heavy atom. The van der Waals surface area contributed by atoms with Crippen molar-refractivity contribution < 1.29 is 34.0 Å². The molecule has 0 radical (unpaired) electrons. The van der Waals surface area contributed by atoms with E-state index in [1.54, 1.807) is 0 Å². The Kier molecular flexibility index (Phi) is 4.29. The average Bonchev–Trinajstić information content (AvgIpc) is 2.36. The summed E-state index contributed by atoms with van der Waals surface area (Å²) in [6, 6.07) is 0.866. The summed E-state index contributed by atoms with van der Waals surface area (Å²) < 4.78 is 17.4. The third-order valence-corrected chi connectivity index (χ3v) is 2.16. The summed E-state index contributed by atoms with van der Waals surface area (Å²) in [5.74, 6) is -3.81. The number of pyridine rings is 1. The highest BCUT2D eigenvalue weighted by Gasteiger charge is 2.27. The number of aromatic nitrogens is 1. The predicted molar refractivity (Wildman–Crippen MR) is 54.1 cm³/mol. The van der Waals surface area contributed by atoms with Gasteiger partial charge in [-0.1, -0.05) is 0 Å². The van der Waals surface area contributed by atoms with Crippen molar-refractivity contribution >= 4 is 11.9 Å². The van der Waals surface area contributed by atoms with Gasteiger partial charge in [0.05, 0.1) is 7.11 Å². The minimum absolute atomic E-state index is 0.216. The molecule has 0 aliphatic heterocycles. The summed E-state index contributed by atoms with van der Waals surface area (Å²) in [7, 11) is 1.02. The maximum absolute atomic E-state index is 13.2. The normalized spacial score (nSPS) is 13.8. The topological polar surface area (TPSA) is 117 Å². The van der Waals surface area contributed by atoms with Gasteiger partial charge >= 0.3 is 11.9 Å². The second-order valence-corrected chi connectivity index (χ2v) is 3.33. The maximum atomic E-state index is 13.2. The van der Waals surface area contributed by atoms with Crippen LogP contribution in [-0.4, -0.2) is 45.5 Å². The van der Waals surface area contributed by atoms with Gasteiger partial charge in [-0.25, -0.2) is 14.6 Å². The molecule has 0 fully saturated rings. The van der Waals surface area contributed by atoms with E-state index in [0.717, 1.165) is 19.4 Å². The van der Waals surface area contributed by atoms with Crippen LogP contribution in [0.5, 0.6) is 0 Å². The molecule has 3 N–H and O–H groups in total. The number of hydrogen-bond acceptors (Lipinski definition) is 6. The lowest BCUT2D eigenvalue weighted by Crippen LogP contribution is -2.27. The zero-order valence-electron chi connectivity index (χ0n) is 9.20. The zero-order chi connectivity index (χ0) is 13.9. The smallest absolute Gasteiger partial charge is 0.342 e. The molecule has 18 heavy (non-hydrogen) atoms. The SMILES string of the molecule is COC(=O)c1cc(C(O)C(O)C(=O)O)cnc1F. The van der Waals surface area contributed by atoms with Crippen LogP contribution in [0.2, 0.25) is 0 Å². The van der Waals surface area contributed by atoms with Crippen LogP contribution in [-0.2, 0) is 9.53 Å². The predicted octanol–water partition coefficient (Wildman–Crippen LogP) is -0.514. The quantitative estimate of drug-likeness (QED) is 0.492. The lowest BCUT2D eigenvalue weighted by atomic mass is 10.0. The number of aliphatic carboxylic acids is 1. The first kappa shape index (κ1) is 14.0. The van der Waals surface area contributed by atoms with E-state index in [0.29, 0.717) is 0 Å². The molecule has 1 rings (SSSR count). The Morgan fingerprint density at radius 3 is 2.56 bits per heavy atom. The molecule has 0 bridgehead atoms. The van der Waals surface area contributed by atoms with Crippen molar-refractivity contribution in [1.29, 1.82) is 0 Å². The third-order valence-electron chi connectivity index (χ3n) is 2.16. The molecule has 98 valence electrons. The second-order valence-electron chi connectivity index (χ2n) is 3.33. The molecule has 0 spiro atoms. The lowest BCUT2D eigenvalue weighted by Gasteiger charge is -2.14. The van der Waals surface area contributed by atoms with Gasteiger partial charge in [-0.3, -0.25) is 0 Å². The van der Waals surface area contributed by atoms with Gasteiger partial charge in [0, 0.05) is 11.8 Å². The molecule has 1 aromatic rings. The van der Waals surface area contributed by atoms with Gasteiger partial charge in [-0.2, -0.15) is 4.39 Å². The largest absolute Gasteiger partial charge is 0.479 e. The van der Waals surface area contributed by atoms with Crippen LogP contribution in [0.3, 0.4) is 0 Å². The van der Waals surface area contributed by atoms with Crippen LogP contribution >= 0.6 is 0 Å².